The number of H-pyrrole nitrogens is 1. The molecule has 0 radical (unpaired) electrons. The van der Waals surface area contributed by atoms with Gasteiger partial charge in [-0.2, -0.15) is 0 Å². The van der Waals surface area contributed by atoms with E-state index < -0.39 is 66.5 Å². The highest BCUT2D eigenvalue weighted by atomic mass is 16.4. The first-order valence-electron chi connectivity index (χ1n) is 9.90. The number of carbonyl (C=O) groups excluding carboxylic acids is 4. The van der Waals surface area contributed by atoms with Crippen molar-refractivity contribution in [2.24, 2.45) is 11.5 Å². The summed E-state index contributed by atoms with van der Waals surface area (Å²) in [7, 11) is 0. The highest BCUT2D eigenvalue weighted by Gasteiger charge is 2.31. The van der Waals surface area contributed by atoms with Gasteiger partial charge in [0.25, 0.3) is 0 Å². The first-order chi connectivity index (χ1) is 15.5. The van der Waals surface area contributed by atoms with E-state index in [1.54, 1.807) is 0 Å². The van der Waals surface area contributed by atoms with Crippen molar-refractivity contribution < 1.29 is 39.3 Å². The van der Waals surface area contributed by atoms with Gasteiger partial charge in [0.05, 0.1) is 19.0 Å². The number of aromatic amines is 1. The zero-order valence-corrected chi connectivity index (χ0v) is 17.9. The minimum Gasteiger partial charge on any atom is -0.480 e. The molecule has 5 atom stereocenters. The molecule has 5 unspecified atom stereocenters. The summed E-state index contributed by atoms with van der Waals surface area (Å²) in [5.74, 6) is -4.98. The van der Waals surface area contributed by atoms with Crippen LogP contribution in [0.15, 0.2) is 12.5 Å². The summed E-state index contributed by atoms with van der Waals surface area (Å²) in [5, 5.41) is 34.9. The molecule has 1 heterocycles. The summed E-state index contributed by atoms with van der Waals surface area (Å²) in [4.78, 5) is 66.1. The van der Waals surface area contributed by atoms with Gasteiger partial charge in [0.15, 0.2) is 0 Å². The number of nitrogens with one attached hydrogen (secondary N) is 4. The van der Waals surface area contributed by atoms with Gasteiger partial charge >= 0.3 is 5.97 Å². The number of amides is 4. The van der Waals surface area contributed by atoms with E-state index in [1.165, 1.54) is 19.4 Å². The van der Waals surface area contributed by atoms with E-state index >= 15 is 0 Å². The molecule has 0 aliphatic heterocycles. The number of primary amides is 1. The molecule has 1 aromatic rings. The molecule has 11 N–H and O–H groups in total. The van der Waals surface area contributed by atoms with Gasteiger partial charge in [0, 0.05) is 24.7 Å². The number of carboxylic acid groups (broad SMARTS) is 1. The van der Waals surface area contributed by atoms with Gasteiger partial charge in [0.2, 0.25) is 23.6 Å². The van der Waals surface area contributed by atoms with Crippen LogP contribution in [0.2, 0.25) is 0 Å². The van der Waals surface area contributed by atoms with Crippen molar-refractivity contribution in [3.8, 4) is 0 Å². The van der Waals surface area contributed by atoms with Gasteiger partial charge in [-0.05, 0) is 13.3 Å². The largest absolute Gasteiger partial charge is 0.480 e. The fourth-order valence-electron chi connectivity index (χ4n) is 2.60. The Morgan fingerprint density at radius 2 is 1.64 bits per heavy atom. The molecule has 0 aromatic carbocycles. The maximum Gasteiger partial charge on any atom is 0.326 e. The Kier molecular flexibility index (Phi) is 10.9. The molecule has 15 nitrogen and oxygen atoms in total. The van der Waals surface area contributed by atoms with Crippen molar-refractivity contribution in [3.63, 3.8) is 0 Å². The molecular formula is C18H29N7O8. The van der Waals surface area contributed by atoms with Crippen LogP contribution in [0.4, 0.5) is 0 Å². The average molecular weight is 471 g/mol. The predicted molar refractivity (Wildman–Crippen MR) is 111 cm³/mol. The van der Waals surface area contributed by atoms with Crippen LogP contribution in [0, 0.1) is 0 Å². The Morgan fingerprint density at radius 3 is 2.12 bits per heavy atom. The van der Waals surface area contributed by atoms with Gasteiger partial charge in [-0.1, -0.05) is 0 Å². The van der Waals surface area contributed by atoms with Crippen molar-refractivity contribution in [2.75, 3.05) is 6.61 Å². The minimum atomic E-state index is -1.57. The van der Waals surface area contributed by atoms with Crippen LogP contribution in [0.5, 0.6) is 0 Å². The maximum absolute atomic E-state index is 12.8. The number of aliphatic hydroxyl groups is 2. The number of carbonyl (C=O) groups is 5. The number of aromatic nitrogens is 2. The molecule has 33 heavy (non-hydrogen) atoms. The van der Waals surface area contributed by atoms with E-state index in [-0.39, 0.29) is 19.3 Å². The summed E-state index contributed by atoms with van der Waals surface area (Å²) < 4.78 is 0. The van der Waals surface area contributed by atoms with Crippen molar-refractivity contribution in [1.82, 2.24) is 25.9 Å². The third-order valence-electron chi connectivity index (χ3n) is 4.54. The van der Waals surface area contributed by atoms with Crippen LogP contribution in [-0.2, 0) is 30.4 Å². The molecule has 0 saturated carbocycles. The van der Waals surface area contributed by atoms with Crippen LogP contribution >= 0.6 is 0 Å². The molecule has 0 aliphatic rings. The van der Waals surface area contributed by atoms with E-state index in [4.69, 9.17) is 11.5 Å². The van der Waals surface area contributed by atoms with Crippen molar-refractivity contribution in [3.05, 3.63) is 18.2 Å². The summed E-state index contributed by atoms with van der Waals surface area (Å²) >= 11 is 0. The molecule has 4 amide bonds. The van der Waals surface area contributed by atoms with E-state index in [1.807, 2.05) is 0 Å². The number of nitrogens with two attached hydrogens (primary N) is 2. The number of nitrogens with zero attached hydrogens (tertiary/aromatic N) is 1. The van der Waals surface area contributed by atoms with Crippen molar-refractivity contribution in [1.29, 1.82) is 0 Å². The number of carboxylic acids is 1. The fraction of sp³-hybridized carbons (Fsp3) is 0.556. The van der Waals surface area contributed by atoms with Gasteiger partial charge in [-0.15, -0.1) is 0 Å². The Balaban J connectivity index is 2.92. The SMILES string of the molecule is CC(O)C(N)C(=O)NC(Cc1cnc[nH]1)C(=O)NC(CO)C(=O)NC(CCC(N)=O)C(=O)O. The Hall–Kier alpha value is -3.56. The Morgan fingerprint density at radius 1 is 1.06 bits per heavy atom. The lowest BCUT2D eigenvalue weighted by molar-refractivity contribution is -0.143. The molecule has 1 aromatic heterocycles. The first-order valence-corrected chi connectivity index (χ1v) is 9.90. The van der Waals surface area contributed by atoms with Crippen LogP contribution in [-0.4, -0.2) is 91.8 Å². The molecule has 0 spiro atoms. The number of rotatable bonds is 14. The molecular weight excluding hydrogens is 442 g/mol. The van der Waals surface area contributed by atoms with E-state index in [9.17, 15) is 39.3 Å². The fourth-order valence-corrected chi connectivity index (χ4v) is 2.60. The lowest BCUT2D eigenvalue weighted by Gasteiger charge is -2.24. The lowest BCUT2D eigenvalue weighted by Crippen LogP contribution is -2.59. The van der Waals surface area contributed by atoms with Crippen LogP contribution < -0.4 is 27.4 Å². The highest BCUT2D eigenvalue weighted by molar-refractivity contribution is 5.94. The molecule has 0 saturated heterocycles. The first kappa shape index (κ1) is 27.5. The molecule has 0 aliphatic carbocycles. The highest BCUT2D eigenvalue weighted by Crippen LogP contribution is 2.03. The number of hydrogen-bond donors (Lipinski definition) is 9. The molecule has 184 valence electrons. The Labute approximate surface area is 188 Å². The average Bonchev–Trinajstić information content (AvgIpc) is 3.26. The van der Waals surface area contributed by atoms with E-state index in [2.05, 4.69) is 25.9 Å². The lowest BCUT2D eigenvalue weighted by atomic mass is 10.1. The number of aliphatic hydroxyl groups excluding tert-OH is 2. The van der Waals surface area contributed by atoms with Crippen molar-refractivity contribution in [2.45, 2.75) is 56.5 Å². The normalized spacial score (nSPS) is 15.4. The third-order valence-corrected chi connectivity index (χ3v) is 4.54. The van der Waals surface area contributed by atoms with E-state index in [0.29, 0.717) is 5.69 Å². The number of hydrogen-bond acceptors (Lipinski definition) is 9. The molecule has 0 bridgehead atoms. The monoisotopic (exact) mass is 471 g/mol. The summed E-state index contributed by atoms with van der Waals surface area (Å²) in [6, 6.07) is -5.67. The molecule has 0 fully saturated rings. The molecule has 15 heteroatoms. The van der Waals surface area contributed by atoms with Crippen LogP contribution in [0.1, 0.15) is 25.5 Å². The zero-order valence-electron chi connectivity index (χ0n) is 17.9. The smallest absolute Gasteiger partial charge is 0.326 e. The zero-order chi connectivity index (χ0) is 25.1. The summed E-state index contributed by atoms with van der Waals surface area (Å²) in [6.07, 6.45) is 0.835. The number of imidazole rings is 1. The summed E-state index contributed by atoms with van der Waals surface area (Å²) in [6.45, 7) is 0.398. The predicted octanol–water partition coefficient (Wildman–Crippen LogP) is -4.54. The minimum absolute atomic E-state index is 0.0970. The molecule has 1 rings (SSSR count). The van der Waals surface area contributed by atoms with Gasteiger partial charge in [0.1, 0.15) is 24.2 Å². The van der Waals surface area contributed by atoms with Crippen LogP contribution in [0.25, 0.3) is 0 Å². The summed E-state index contributed by atoms with van der Waals surface area (Å²) in [5.41, 5.74) is 11.0. The van der Waals surface area contributed by atoms with Gasteiger partial charge in [-0.25, -0.2) is 9.78 Å². The standard InChI is InChI=1S/C18H29N7O8/c1-8(27)14(20)17(31)24-11(4-9-5-21-7-22-9)15(29)25-12(6-26)16(30)23-10(18(32)33)2-3-13(19)28/h5,7-8,10-12,14,26-27H,2-4,6,20H2,1H3,(H2,19,28)(H,21,22)(H,23,30)(H,24,31)(H,25,29)(H,32,33). The van der Waals surface area contributed by atoms with Crippen molar-refractivity contribution >= 4 is 29.6 Å². The second kappa shape index (κ2) is 13.1. The maximum atomic E-state index is 12.8. The van der Waals surface area contributed by atoms with Gasteiger partial charge < -0.3 is 47.7 Å². The third kappa shape index (κ3) is 9.22. The number of aliphatic carboxylic acids is 1. The van der Waals surface area contributed by atoms with E-state index in [0.717, 1.165) is 0 Å². The quantitative estimate of drug-likeness (QED) is 0.125. The Bertz CT molecular complexity index is 830. The second-order valence-electron chi connectivity index (χ2n) is 7.26. The van der Waals surface area contributed by atoms with Gasteiger partial charge in [-0.3, -0.25) is 19.2 Å². The topological polar surface area (TPSA) is 263 Å². The second-order valence-corrected chi connectivity index (χ2v) is 7.26. The van der Waals surface area contributed by atoms with Crippen LogP contribution in [0.3, 0.4) is 0 Å².